The van der Waals surface area contributed by atoms with Gasteiger partial charge in [0.2, 0.25) is 11.8 Å². The van der Waals surface area contributed by atoms with Crippen LogP contribution in [0.5, 0.6) is 11.5 Å². The van der Waals surface area contributed by atoms with Crippen LogP contribution in [0, 0.1) is 11.8 Å². The first kappa shape index (κ1) is 26.8. The molecule has 0 spiro atoms. The van der Waals surface area contributed by atoms with Gasteiger partial charge in [-0.15, -0.1) is 0 Å². The van der Waals surface area contributed by atoms with Gasteiger partial charge in [0.15, 0.2) is 17.5 Å². The van der Waals surface area contributed by atoms with Gasteiger partial charge in [-0.25, -0.2) is 4.99 Å². The maximum Gasteiger partial charge on any atom is 0.244 e. The van der Waals surface area contributed by atoms with E-state index in [4.69, 9.17) is 19.9 Å². The Morgan fingerprint density at radius 2 is 1.77 bits per heavy atom. The zero-order valence-corrected chi connectivity index (χ0v) is 21.0. The number of nitrogens with zero attached hydrogens (tertiary/aromatic N) is 1. The number of ether oxygens (including phenoxy) is 3. The number of nitrogens with two attached hydrogens (primary N) is 1. The molecular formula is C26H40N4O5. The third kappa shape index (κ3) is 8.72. The van der Waals surface area contributed by atoms with Gasteiger partial charge in [-0.1, -0.05) is 38.2 Å². The molecule has 1 saturated heterocycles. The molecule has 1 aliphatic carbocycles. The number of amides is 2. The number of benzene rings is 1. The first-order chi connectivity index (χ1) is 17.0. The molecular weight excluding hydrogens is 448 g/mol. The summed E-state index contributed by atoms with van der Waals surface area (Å²) in [5, 5.41) is 5.71. The summed E-state index contributed by atoms with van der Waals surface area (Å²) in [4.78, 5) is 30.1. The minimum absolute atomic E-state index is 0.0301. The monoisotopic (exact) mass is 488 g/mol. The molecule has 2 aliphatic rings. The molecule has 1 aromatic carbocycles. The molecule has 1 unspecified atom stereocenters. The van der Waals surface area contributed by atoms with Crippen LogP contribution in [0.15, 0.2) is 23.2 Å². The third-order valence-corrected chi connectivity index (χ3v) is 6.86. The number of nitrogens with one attached hydrogen (secondary N) is 2. The first-order valence-corrected chi connectivity index (χ1v) is 12.7. The van der Waals surface area contributed by atoms with Gasteiger partial charge in [0.1, 0.15) is 6.04 Å². The number of aliphatic imine (C=N–C) groups is 1. The zero-order chi connectivity index (χ0) is 25.0. The van der Waals surface area contributed by atoms with Crippen molar-refractivity contribution in [3.63, 3.8) is 0 Å². The second-order valence-electron chi connectivity index (χ2n) is 9.49. The quantitative estimate of drug-likeness (QED) is 0.343. The molecule has 1 aliphatic heterocycles. The van der Waals surface area contributed by atoms with E-state index < -0.39 is 6.04 Å². The van der Waals surface area contributed by atoms with Crippen molar-refractivity contribution in [2.24, 2.45) is 22.6 Å². The Kier molecular flexibility index (Phi) is 10.7. The number of hydrogen-bond acceptors (Lipinski definition) is 6. The van der Waals surface area contributed by atoms with Crippen LogP contribution >= 0.6 is 0 Å². The molecule has 3 rings (SSSR count). The van der Waals surface area contributed by atoms with Crippen LogP contribution in [0.1, 0.15) is 56.9 Å². The summed E-state index contributed by atoms with van der Waals surface area (Å²) >= 11 is 0. The van der Waals surface area contributed by atoms with Crippen molar-refractivity contribution in [1.82, 2.24) is 10.6 Å². The highest BCUT2D eigenvalue weighted by Crippen LogP contribution is 2.29. The molecule has 1 heterocycles. The summed E-state index contributed by atoms with van der Waals surface area (Å²) in [6, 6.07) is 4.69. The van der Waals surface area contributed by atoms with Gasteiger partial charge in [0.25, 0.3) is 0 Å². The van der Waals surface area contributed by atoms with Crippen LogP contribution < -0.4 is 25.8 Å². The maximum atomic E-state index is 13.1. The van der Waals surface area contributed by atoms with E-state index in [2.05, 4.69) is 15.6 Å². The van der Waals surface area contributed by atoms with Crippen LogP contribution in [0.25, 0.3) is 0 Å². The Balaban J connectivity index is 1.60. The zero-order valence-electron chi connectivity index (χ0n) is 21.0. The smallest absolute Gasteiger partial charge is 0.244 e. The van der Waals surface area contributed by atoms with Crippen LogP contribution in [0.3, 0.4) is 0 Å². The van der Waals surface area contributed by atoms with Gasteiger partial charge in [0.05, 0.1) is 20.6 Å². The van der Waals surface area contributed by atoms with E-state index in [1.54, 1.807) is 32.4 Å². The number of methoxy groups -OCH3 is 2. The average Bonchev–Trinajstić information content (AvgIpc) is 2.87. The number of carbonyl (C=O) groups excluding carboxylic acids is 2. The predicted molar refractivity (Wildman–Crippen MR) is 135 cm³/mol. The molecule has 0 aromatic heterocycles. The normalized spacial score (nSPS) is 18.5. The Morgan fingerprint density at radius 3 is 2.46 bits per heavy atom. The lowest BCUT2D eigenvalue weighted by atomic mass is 9.84. The molecule has 1 saturated carbocycles. The Hall–Kier alpha value is -2.81. The van der Waals surface area contributed by atoms with Crippen molar-refractivity contribution >= 4 is 17.8 Å². The highest BCUT2D eigenvalue weighted by Gasteiger charge is 2.25. The van der Waals surface area contributed by atoms with Crippen molar-refractivity contribution < 1.29 is 23.8 Å². The Labute approximate surface area is 208 Å². The largest absolute Gasteiger partial charge is 0.493 e. The fourth-order valence-corrected chi connectivity index (χ4v) is 4.83. The third-order valence-electron chi connectivity index (χ3n) is 6.86. The van der Waals surface area contributed by atoms with Crippen LogP contribution in [-0.4, -0.2) is 57.8 Å². The average molecular weight is 489 g/mol. The predicted octanol–water partition coefficient (Wildman–Crippen LogP) is 2.56. The SMILES string of the molecule is COc1ccc(CC(=O)NC(N)=NC(CC2CCCCC2)C(=O)NCC2CCOCC2)cc1OC. The second-order valence-corrected chi connectivity index (χ2v) is 9.49. The topological polar surface area (TPSA) is 124 Å². The summed E-state index contributed by atoms with van der Waals surface area (Å²) in [7, 11) is 3.11. The van der Waals surface area contributed by atoms with Crippen molar-refractivity contribution in [3.8, 4) is 11.5 Å². The van der Waals surface area contributed by atoms with E-state index >= 15 is 0 Å². The Morgan fingerprint density at radius 1 is 1.06 bits per heavy atom. The molecule has 1 atom stereocenters. The maximum absolute atomic E-state index is 13.1. The van der Waals surface area contributed by atoms with Gasteiger partial charge in [-0.05, 0) is 48.8 Å². The number of hydrogen-bond donors (Lipinski definition) is 3. The summed E-state index contributed by atoms with van der Waals surface area (Å²) in [5.74, 6) is 1.55. The van der Waals surface area contributed by atoms with Crippen LogP contribution in [0.4, 0.5) is 0 Å². The van der Waals surface area contributed by atoms with Crippen molar-refractivity contribution in [2.45, 2.75) is 63.8 Å². The molecule has 2 amide bonds. The minimum atomic E-state index is -0.612. The molecule has 9 nitrogen and oxygen atoms in total. The van der Waals surface area contributed by atoms with E-state index in [1.807, 2.05) is 0 Å². The minimum Gasteiger partial charge on any atom is -0.493 e. The molecule has 0 radical (unpaired) electrons. The molecule has 1 aromatic rings. The molecule has 0 bridgehead atoms. The van der Waals surface area contributed by atoms with Crippen LogP contribution in [0.2, 0.25) is 0 Å². The van der Waals surface area contributed by atoms with Gasteiger partial charge in [0, 0.05) is 19.8 Å². The molecule has 2 fully saturated rings. The van der Waals surface area contributed by atoms with E-state index in [-0.39, 0.29) is 24.2 Å². The first-order valence-electron chi connectivity index (χ1n) is 12.7. The van der Waals surface area contributed by atoms with Gasteiger partial charge >= 0.3 is 0 Å². The molecule has 9 heteroatoms. The van der Waals surface area contributed by atoms with E-state index in [0.717, 1.165) is 44.5 Å². The molecule has 194 valence electrons. The highest BCUT2D eigenvalue weighted by molar-refractivity contribution is 5.98. The van der Waals surface area contributed by atoms with Crippen molar-refractivity contribution in [1.29, 1.82) is 0 Å². The number of carbonyl (C=O) groups is 2. The van der Waals surface area contributed by atoms with Crippen molar-refractivity contribution in [3.05, 3.63) is 23.8 Å². The Bertz CT molecular complexity index is 863. The van der Waals surface area contributed by atoms with E-state index in [1.165, 1.54) is 19.3 Å². The van der Waals surface area contributed by atoms with E-state index in [0.29, 0.717) is 36.3 Å². The van der Waals surface area contributed by atoms with Gasteiger partial charge in [-0.3, -0.25) is 14.9 Å². The fraction of sp³-hybridized carbons (Fsp3) is 0.654. The lowest BCUT2D eigenvalue weighted by Crippen LogP contribution is -2.43. The lowest BCUT2D eigenvalue weighted by Gasteiger charge is -2.26. The van der Waals surface area contributed by atoms with Gasteiger partial charge < -0.3 is 25.3 Å². The summed E-state index contributed by atoms with van der Waals surface area (Å²) < 4.78 is 15.9. The summed E-state index contributed by atoms with van der Waals surface area (Å²) in [6.07, 6.45) is 8.46. The second kappa shape index (κ2) is 13.9. The lowest BCUT2D eigenvalue weighted by molar-refractivity contribution is -0.123. The number of rotatable bonds is 10. The number of guanidine groups is 1. The standard InChI is InChI=1S/C26H40N4O5/c1-33-22-9-8-20(15-23(22)34-2)16-24(31)30-26(27)29-21(14-18-6-4-3-5-7-18)25(32)28-17-19-10-12-35-13-11-19/h8-9,15,18-19,21H,3-7,10-14,16-17H2,1-2H3,(H,28,32)(H3,27,29,30,31). The highest BCUT2D eigenvalue weighted by atomic mass is 16.5. The van der Waals surface area contributed by atoms with E-state index in [9.17, 15) is 9.59 Å². The molecule has 35 heavy (non-hydrogen) atoms. The molecule has 4 N–H and O–H groups in total. The summed E-state index contributed by atoms with van der Waals surface area (Å²) in [6.45, 7) is 2.09. The van der Waals surface area contributed by atoms with Crippen LogP contribution in [-0.2, 0) is 20.7 Å². The van der Waals surface area contributed by atoms with Gasteiger partial charge in [-0.2, -0.15) is 0 Å². The summed E-state index contributed by atoms with van der Waals surface area (Å²) in [5.41, 5.74) is 6.84. The fourth-order valence-electron chi connectivity index (χ4n) is 4.83. The van der Waals surface area contributed by atoms with Crippen molar-refractivity contribution in [2.75, 3.05) is 34.0 Å².